The van der Waals surface area contributed by atoms with Crippen molar-refractivity contribution in [3.63, 3.8) is 0 Å². The van der Waals surface area contributed by atoms with E-state index in [1.807, 2.05) is 25.1 Å². The molecule has 1 heterocycles. The van der Waals surface area contributed by atoms with Crippen molar-refractivity contribution >= 4 is 25.8 Å². The summed E-state index contributed by atoms with van der Waals surface area (Å²) >= 11 is 3.46. The molecule has 1 aromatic rings. The summed E-state index contributed by atoms with van der Waals surface area (Å²) in [6.07, 6.45) is 1.13. The number of ether oxygens (including phenoxy) is 1. The third-order valence-electron chi connectivity index (χ3n) is 3.04. The van der Waals surface area contributed by atoms with E-state index in [1.165, 1.54) is 0 Å². The highest BCUT2D eigenvalue weighted by atomic mass is 79.9. The van der Waals surface area contributed by atoms with Crippen LogP contribution in [0, 0.1) is 0 Å². The lowest BCUT2D eigenvalue weighted by Crippen LogP contribution is -2.19. The van der Waals surface area contributed by atoms with Crippen LogP contribution < -0.4 is 10.5 Å². The molecule has 2 N–H and O–H groups in total. The van der Waals surface area contributed by atoms with E-state index in [-0.39, 0.29) is 23.7 Å². The van der Waals surface area contributed by atoms with E-state index in [1.54, 1.807) is 0 Å². The zero-order chi connectivity index (χ0) is 14.0. The number of nitrogens with two attached hydrogens (primary N) is 1. The minimum absolute atomic E-state index is 0.110. The summed E-state index contributed by atoms with van der Waals surface area (Å²) in [5.74, 6) is 1.02. The molecule has 106 valence electrons. The van der Waals surface area contributed by atoms with Gasteiger partial charge in [0.1, 0.15) is 11.9 Å². The Morgan fingerprint density at radius 1 is 1.53 bits per heavy atom. The summed E-state index contributed by atoms with van der Waals surface area (Å²) in [5, 5.41) is 0. The second-order valence-electron chi connectivity index (χ2n) is 5.09. The van der Waals surface area contributed by atoms with Crippen molar-refractivity contribution in [1.29, 1.82) is 0 Å². The van der Waals surface area contributed by atoms with Gasteiger partial charge in [-0.3, -0.25) is 0 Å². The molecule has 2 atom stereocenters. The molecule has 0 spiro atoms. The van der Waals surface area contributed by atoms with Crippen LogP contribution in [0.2, 0.25) is 0 Å². The summed E-state index contributed by atoms with van der Waals surface area (Å²) in [6.45, 7) is 1.96. The Hall–Kier alpha value is -0.590. The average Bonchev–Trinajstić information content (AvgIpc) is 2.61. The fourth-order valence-electron chi connectivity index (χ4n) is 2.17. The lowest BCUT2D eigenvalue weighted by molar-refractivity contribution is 0.227. The molecule has 1 aliphatic heterocycles. The zero-order valence-electron chi connectivity index (χ0n) is 10.8. The predicted molar refractivity (Wildman–Crippen MR) is 79.2 cm³/mol. The highest BCUT2D eigenvalue weighted by Crippen LogP contribution is 2.29. The fourth-order valence-corrected chi connectivity index (χ4v) is 4.28. The smallest absolute Gasteiger partial charge is 0.154 e. The predicted octanol–water partition coefficient (Wildman–Crippen LogP) is 1.90. The van der Waals surface area contributed by atoms with Crippen LogP contribution in [-0.4, -0.2) is 32.1 Å². The van der Waals surface area contributed by atoms with Crippen molar-refractivity contribution in [1.82, 2.24) is 0 Å². The Kier molecular flexibility index (Phi) is 4.53. The number of rotatable bonds is 4. The van der Waals surface area contributed by atoms with Crippen molar-refractivity contribution < 1.29 is 13.2 Å². The van der Waals surface area contributed by atoms with E-state index >= 15 is 0 Å². The topological polar surface area (TPSA) is 69.4 Å². The van der Waals surface area contributed by atoms with Crippen LogP contribution in [-0.2, 0) is 16.3 Å². The first-order valence-electron chi connectivity index (χ1n) is 6.27. The van der Waals surface area contributed by atoms with Gasteiger partial charge in [0.15, 0.2) is 9.84 Å². The molecule has 0 radical (unpaired) electrons. The third kappa shape index (κ3) is 4.19. The van der Waals surface area contributed by atoms with Gasteiger partial charge in [0.2, 0.25) is 0 Å². The second kappa shape index (κ2) is 5.81. The molecule has 1 saturated heterocycles. The maximum Gasteiger partial charge on any atom is 0.154 e. The molecule has 0 amide bonds. The lowest BCUT2D eigenvalue weighted by Gasteiger charge is -2.14. The molecule has 1 fully saturated rings. The van der Waals surface area contributed by atoms with Gasteiger partial charge in [-0.25, -0.2) is 8.42 Å². The Morgan fingerprint density at radius 3 is 2.79 bits per heavy atom. The monoisotopic (exact) mass is 347 g/mol. The van der Waals surface area contributed by atoms with Gasteiger partial charge in [0.05, 0.1) is 16.0 Å². The summed E-state index contributed by atoms with van der Waals surface area (Å²) in [7, 11) is -2.91. The molecule has 0 saturated carbocycles. The van der Waals surface area contributed by atoms with Gasteiger partial charge in [0, 0.05) is 6.04 Å². The lowest BCUT2D eigenvalue weighted by atomic mass is 10.1. The van der Waals surface area contributed by atoms with E-state index in [9.17, 15) is 8.42 Å². The van der Waals surface area contributed by atoms with Crippen molar-refractivity contribution in [3.05, 3.63) is 28.2 Å². The van der Waals surface area contributed by atoms with Gasteiger partial charge in [0.25, 0.3) is 0 Å². The normalized spacial score (nSPS) is 23.2. The van der Waals surface area contributed by atoms with Crippen molar-refractivity contribution in [3.8, 4) is 5.75 Å². The molecule has 1 aromatic carbocycles. The number of hydrogen-bond acceptors (Lipinski definition) is 4. The molecule has 0 aromatic heterocycles. The Bertz CT molecular complexity index is 557. The van der Waals surface area contributed by atoms with Crippen LogP contribution in [0.4, 0.5) is 0 Å². The van der Waals surface area contributed by atoms with E-state index in [2.05, 4.69) is 15.9 Å². The van der Waals surface area contributed by atoms with Crippen LogP contribution in [0.25, 0.3) is 0 Å². The molecule has 2 rings (SSSR count). The van der Waals surface area contributed by atoms with Gasteiger partial charge in [-0.05, 0) is 53.4 Å². The number of hydrogen-bond donors (Lipinski definition) is 1. The number of halogens is 1. The summed E-state index contributed by atoms with van der Waals surface area (Å²) < 4.78 is 29.4. The van der Waals surface area contributed by atoms with Crippen LogP contribution >= 0.6 is 15.9 Å². The van der Waals surface area contributed by atoms with Crippen LogP contribution in [0.3, 0.4) is 0 Å². The molecular weight excluding hydrogens is 330 g/mol. The SMILES string of the molecule is CC(N)Cc1ccc(OC2CCS(=O)(=O)C2)c(Br)c1. The molecule has 1 aliphatic rings. The third-order valence-corrected chi connectivity index (χ3v) is 5.40. The maximum absolute atomic E-state index is 11.4. The standard InChI is InChI=1S/C13H18BrNO3S/c1-9(15)6-10-2-3-13(12(14)7-10)18-11-4-5-19(16,17)8-11/h2-3,7,9,11H,4-6,8,15H2,1H3. The molecular formula is C13H18BrNO3S. The molecule has 6 heteroatoms. The van der Waals surface area contributed by atoms with Crippen LogP contribution in [0.5, 0.6) is 5.75 Å². The quantitative estimate of drug-likeness (QED) is 0.902. The van der Waals surface area contributed by atoms with Crippen molar-refractivity contribution in [2.45, 2.75) is 31.9 Å². The summed E-state index contributed by atoms with van der Waals surface area (Å²) in [6, 6.07) is 5.92. The molecule has 2 unspecified atom stereocenters. The first-order valence-corrected chi connectivity index (χ1v) is 8.88. The van der Waals surface area contributed by atoms with Gasteiger partial charge >= 0.3 is 0 Å². The van der Waals surface area contributed by atoms with E-state index in [4.69, 9.17) is 10.5 Å². The Labute approximate surface area is 122 Å². The summed E-state index contributed by atoms with van der Waals surface area (Å²) in [4.78, 5) is 0. The minimum Gasteiger partial charge on any atom is -0.488 e. The fraction of sp³-hybridized carbons (Fsp3) is 0.538. The molecule has 0 aliphatic carbocycles. The van der Waals surface area contributed by atoms with Crippen LogP contribution in [0.15, 0.2) is 22.7 Å². The largest absolute Gasteiger partial charge is 0.488 e. The average molecular weight is 348 g/mol. The van der Waals surface area contributed by atoms with Gasteiger partial charge in [-0.1, -0.05) is 6.07 Å². The first-order chi connectivity index (χ1) is 8.85. The first kappa shape index (κ1) is 14.8. The molecule has 0 bridgehead atoms. The van der Waals surface area contributed by atoms with Crippen molar-refractivity contribution in [2.24, 2.45) is 5.73 Å². The zero-order valence-corrected chi connectivity index (χ0v) is 13.2. The number of sulfone groups is 1. The van der Waals surface area contributed by atoms with E-state index in [0.29, 0.717) is 12.2 Å². The van der Waals surface area contributed by atoms with E-state index < -0.39 is 9.84 Å². The summed E-state index contributed by atoms with van der Waals surface area (Å²) in [5.41, 5.74) is 6.89. The maximum atomic E-state index is 11.4. The Morgan fingerprint density at radius 2 is 2.26 bits per heavy atom. The highest BCUT2D eigenvalue weighted by Gasteiger charge is 2.29. The van der Waals surface area contributed by atoms with Gasteiger partial charge < -0.3 is 10.5 Å². The van der Waals surface area contributed by atoms with Gasteiger partial charge in [-0.2, -0.15) is 0 Å². The number of benzene rings is 1. The second-order valence-corrected chi connectivity index (χ2v) is 8.17. The Balaban J connectivity index is 2.05. The minimum atomic E-state index is -2.91. The van der Waals surface area contributed by atoms with Crippen molar-refractivity contribution in [2.75, 3.05) is 11.5 Å². The molecule has 4 nitrogen and oxygen atoms in total. The van der Waals surface area contributed by atoms with E-state index in [0.717, 1.165) is 16.5 Å². The van der Waals surface area contributed by atoms with Crippen LogP contribution in [0.1, 0.15) is 18.9 Å². The highest BCUT2D eigenvalue weighted by molar-refractivity contribution is 9.10. The molecule has 19 heavy (non-hydrogen) atoms. The van der Waals surface area contributed by atoms with Gasteiger partial charge in [-0.15, -0.1) is 0 Å².